The molecule has 1 unspecified atom stereocenters. The van der Waals surface area contributed by atoms with Crippen molar-refractivity contribution < 1.29 is 4.39 Å². The lowest BCUT2D eigenvalue weighted by Crippen LogP contribution is -2.48. The van der Waals surface area contributed by atoms with Gasteiger partial charge in [0, 0.05) is 32.7 Å². The third-order valence-electron chi connectivity index (χ3n) is 3.54. The molecule has 0 amide bonds. The Labute approximate surface area is 108 Å². The maximum Gasteiger partial charge on any atom is 0.146 e. The van der Waals surface area contributed by atoms with Crippen molar-refractivity contribution in [2.75, 3.05) is 44.2 Å². The van der Waals surface area contributed by atoms with Gasteiger partial charge in [0.05, 0.1) is 5.69 Å². The van der Waals surface area contributed by atoms with Crippen molar-refractivity contribution in [2.45, 2.75) is 6.92 Å². The Hall–Kier alpha value is -1.13. The first-order valence-corrected chi connectivity index (χ1v) is 6.62. The molecule has 1 aliphatic rings. The molecule has 4 heteroatoms. The Bertz CT molecular complexity index is 375. The summed E-state index contributed by atoms with van der Waals surface area (Å²) < 4.78 is 13.7. The molecule has 1 heterocycles. The molecule has 1 aromatic rings. The zero-order valence-corrected chi connectivity index (χ0v) is 11.0. The van der Waals surface area contributed by atoms with E-state index in [4.69, 9.17) is 5.73 Å². The second-order valence-corrected chi connectivity index (χ2v) is 5.08. The van der Waals surface area contributed by atoms with Crippen molar-refractivity contribution in [1.82, 2.24) is 4.90 Å². The van der Waals surface area contributed by atoms with Gasteiger partial charge in [-0.2, -0.15) is 0 Å². The van der Waals surface area contributed by atoms with Crippen molar-refractivity contribution >= 4 is 5.69 Å². The Balaban J connectivity index is 1.89. The third kappa shape index (κ3) is 3.21. The molecule has 18 heavy (non-hydrogen) atoms. The van der Waals surface area contributed by atoms with E-state index in [0.717, 1.165) is 45.0 Å². The van der Waals surface area contributed by atoms with Crippen LogP contribution in [0.2, 0.25) is 0 Å². The van der Waals surface area contributed by atoms with Crippen LogP contribution in [0.3, 0.4) is 0 Å². The van der Waals surface area contributed by atoms with Gasteiger partial charge in [-0.3, -0.25) is 4.90 Å². The molecule has 0 saturated carbocycles. The van der Waals surface area contributed by atoms with E-state index >= 15 is 0 Å². The Morgan fingerprint density at radius 1 is 1.22 bits per heavy atom. The van der Waals surface area contributed by atoms with Crippen LogP contribution in [0.4, 0.5) is 10.1 Å². The molecular formula is C14H22FN3. The highest BCUT2D eigenvalue weighted by molar-refractivity contribution is 5.47. The zero-order valence-electron chi connectivity index (χ0n) is 11.0. The fraction of sp³-hybridized carbons (Fsp3) is 0.571. The summed E-state index contributed by atoms with van der Waals surface area (Å²) in [5.41, 5.74) is 6.37. The van der Waals surface area contributed by atoms with Crippen LogP contribution < -0.4 is 10.6 Å². The smallest absolute Gasteiger partial charge is 0.146 e. The van der Waals surface area contributed by atoms with Crippen molar-refractivity contribution in [3.05, 3.63) is 30.1 Å². The van der Waals surface area contributed by atoms with Crippen LogP contribution in [0.5, 0.6) is 0 Å². The first-order valence-electron chi connectivity index (χ1n) is 6.62. The minimum atomic E-state index is -0.124. The predicted molar refractivity (Wildman–Crippen MR) is 73.3 cm³/mol. The summed E-state index contributed by atoms with van der Waals surface area (Å²) >= 11 is 0. The van der Waals surface area contributed by atoms with E-state index in [-0.39, 0.29) is 5.82 Å². The summed E-state index contributed by atoms with van der Waals surface area (Å²) in [7, 11) is 0. The van der Waals surface area contributed by atoms with E-state index in [1.165, 1.54) is 6.07 Å². The fourth-order valence-corrected chi connectivity index (χ4v) is 2.39. The molecule has 1 aromatic carbocycles. The number of benzene rings is 1. The van der Waals surface area contributed by atoms with E-state index < -0.39 is 0 Å². The van der Waals surface area contributed by atoms with Gasteiger partial charge in [0.25, 0.3) is 0 Å². The molecule has 100 valence electrons. The molecule has 0 radical (unpaired) electrons. The molecule has 1 saturated heterocycles. The second-order valence-electron chi connectivity index (χ2n) is 5.08. The molecule has 1 fully saturated rings. The molecule has 1 aliphatic heterocycles. The Morgan fingerprint density at radius 2 is 1.89 bits per heavy atom. The first kappa shape index (κ1) is 13.3. The number of piperazine rings is 1. The van der Waals surface area contributed by atoms with Gasteiger partial charge in [-0.15, -0.1) is 0 Å². The maximum absolute atomic E-state index is 13.7. The van der Waals surface area contributed by atoms with E-state index in [1.54, 1.807) is 6.07 Å². The van der Waals surface area contributed by atoms with Gasteiger partial charge in [-0.25, -0.2) is 4.39 Å². The van der Waals surface area contributed by atoms with Crippen molar-refractivity contribution in [3.8, 4) is 0 Å². The van der Waals surface area contributed by atoms with Crippen molar-refractivity contribution in [1.29, 1.82) is 0 Å². The second kappa shape index (κ2) is 6.16. The van der Waals surface area contributed by atoms with Gasteiger partial charge in [-0.1, -0.05) is 19.1 Å². The normalized spacial score (nSPS) is 18.9. The van der Waals surface area contributed by atoms with Gasteiger partial charge < -0.3 is 10.6 Å². The van der Waals surface area contributed by atoms with E-state index in [9.17, 15) is 4.39 Å². The molecule has 2 N–H and O–H groups in total. The van der Waals surface area contributed by atoms with E-state index in [0.29, 0.717) is 5.92 Å². The average molecular weight is 251 g/mol. The number of hydrogen-bond donors (Lipinski definition) is 1. The molecule has 0 aromatic heterocycles. The number of rotatable bonds is 4. The molecule has 2 rings (SSSR count). The van der Waals surface area contributed by atoms with E-state index in [2.05, 4.69) is 16.7 Å². The quantitative estimate of drug-likeness (QED) is 0.881. The lowest BCUT2D eigenvalue weighted by molar-refractivity contribution is 0.226. The van der Waals surface area contributed by atoms with Crippen molar-refractivity contribution in [2.24, 2.45) is 11.7 Å². The van der Waals surface area contributed by atoms with E-state index in [1.807, 2.05) is 12.1 Å². The summed E-state index contributed by atoms with van der Waals surface area (Å²) in [6, 6.07) is 7.00. The average Bonchev–Trinajstić information content (AvgIpc) is 2.40. The lowest BCUT2D eigenvalue weighted by Gasteiger charge is -2.37. The molecule has 0 aliphatic carbocycles. The summed E-state index contributed by atoms with van der Waals surface area (Å²) in [5, 5.41) is 0. The highest BCUT2D eigenvalue weighted by atomic mass is 19.1. The van der Waals surface area contributed by atoms with Crippen LogP contribution >= 0.6 is 0 Å². The molecule has 3 nitrogen and oxygen atoms in total. The first-order chi connectivity index (χ1) is 8.70. The van der Waals surface area contributed by atoms with Crippen LogP contribution in [0.1, 0.15) is 6.92 Å². The minimum absolute atomic E-state index is 0.124. The van der Waals surface area contributed by atoms with Crippen molar-refractivity contribution in [3.63, 3.8) is 0 Å². The van der Waals surface area contributed by atoms with Crippen LogP contribution in [0.15, 0.2) is 24.3 Å². The summed E-state index contributed by atoms with van der Waals surface area (Å²) in [5.74, 6) is 0.409. The largest absolute Gasteiger partial charge is 0.367 e. The highest BCUT2D eigenvalue weighted by Crippen LogP contribution is 2.20. The Morgan fingerprint density at radius 3 is 2.50 bits per heavy atom. The molecule has 1 atom stereocenters. The molecular weight excluding hydrogens is 229 g/mol. The fourth-order valence-electron chi connectivity index (χ4n) is 2.39. The topological polar surface area (TPSA) is 32.5 Å². The summed E-state index contributed by atoms with van der Waals surface area (Å²) in [6.45, 7) is 7.69. The third-order valence-corrected chi connectivity index (χ3v) is 3.54. The summed E-state index contributed by atoms with van der Waals surface area (Å²) in [4.78, 5) is 4.54. The number of anilines is 1. The number of halogens is 1. The minimum Gasteiger partial charge on any atom is -0.367 e. The maximum atomic E-state index is 13.7. The zero-order chi connectivity index (χ0) is 13.0. The predicted octanol–water partition coefficient (Wildman–Crippen LogP) is 1.54. The lowest BCUT2D eigenvalue weighted by atomic mass is 10.1. The number of nitrogens with zero attached hydrogens (tertiary/aromatic N) is 2. The molecule has 0 spiro atoms. The SMILES string of the molecule is CC(CN)CN1CCN(c2ccccc2F)CC1. The van der Waals surface area contributed by atoms with Gasteiger partial charge in [0.2, 0.25) is 0 Å². The summed E-state index contributed by atoms with van der Waals surface area (Å²) in [6.07, 6.45) is 0. The van der Waals surface area contributed by atoms with Crippen LogP contribution in [0.25, 0.3) is 0 Å². The van der Waals surface area contributed by atoms with Crippen LogP contribution in [-0.4, -0.2) is 44.2 Å². The van der Waals surface area contributed by atoms with Gasteiger partial charge in [-0.05, 0) is 24.6 Å². The van der Waals surface area contributed by atoms with Gasteiger partial charge in [0.15, 0.2) is 0 Å². The van der Waals surface area contributed by atoms with Gasteiger partial charge >= 0.3 is 0 Å². The number of hydrogen-bond acceptors (Lipinski definition) is 3. The highest BCUT2D eigenvalue weighted by Gasteiger charge is 2.19. The number of para-hydroxylation sites is 1. The molecule has 0 bridgehead atoms. The van der Waals surface area contributed by atoms with Gasteiger partial charge in [0.1, 0.15) is 5.82 Å². The van der Waals surface area contributed by atoms with Crippen LogP contribution in [0, 0.1) is 11.7 Å². The standard InChI is InChI=1S/C14H22FN3/c1-12(10-16)11-17-6-8-18(9-7-17)14-5-3-2-4-13(14)15/h2-5,12H,6-11,16H2,1H3. The number of nitrogens with two attached hydrogens (primary N) is 1. The van der Waals surface area contributed by atoms with Crippen LogP contribution in [-0.2, 0) is 0 Å². The monoisotopic (exact) mass is 251 g/mol. The Kier molecular flexibility index (Phi) is 4.55.